The van der Waals surface area contributed by atoms with E-state index in [2.05, 4.69) is 9.82 Å². The number of anilines is 1. The molecule has 0 aliphatic carbocycles. The molecule has 8 nitrogen and oxygen atoms in total. The van der Waals surface area contributed by atoms with Gasteiger partial charge in [-0.15, -0.1) is 0 Å². The fourth-order valence-corrected chi connectivity index (χ4v) is 3.32. The summed E-state index contributed by atoms with van der Waals surface area (Å²) < 4.78 is 27.7. The van der Waals surface area contributed by atoms with E-state index in [9.17, 15) is 13.2 Å². The fourth-order valence-electron chi connectivity index (χ4n) is 2.19. The van der Waals surface area contributed by atoms with Gasteiger partial charge in [0.15, 0.2) is 5.82 Å². The van der Waals surface area contributed by atoms with Crippen molar-refractivity contribution in [3.63, 3.8) is 0 Å². The Labute approximate surface area is 118 Å². The number of nitrogens with one attached hydrogen (secondary N) is 1. The van der Waals surface area contributed by atoms with Gasteiger partial charge in [0.25, 0.3) is 0 Å². The van der Waals surface area contributed by atoms with Crippen LogP contribution in [-0.4, -0.2) is 48.6 Å². The van der Waals surface area contributed by atoms with Gasteiger partial charge < -0.3 is 10.6 Å². The van der Waals surface area contributed by atoms with Crippen LogP contribution in [0.1, 0.15) is 19.3 Å². The summed E-state index contributed by atoms with van der Waals surface area (Å²) in [5.74, 6) is -0.0739. The molecule has 0 aromatic carbocycles. The molecule has 2 rings (SSSR count). The normalized spacial score (nSPS) is 15.8. The number of sulfonamides is 1. The molecule has 1 aromatic rings. The maximum absolute atomic E-state index is 12.0. The van der Waals surface area contributed by atoms with Gasteiger partial charge in [-0.05, 0) is 12.8 Å². The second-order valence-corrected chi connectivity index (χ2v) is 6.52. The lowest BCUT2D eigenvalue weighted by Gasteiger charge is -2.15. The van der Waals surface area contributed by atoms with Crippen molar-refractivity contribution in [1.82, 2.24) is 19.4 Å². The van der Waals surface area contributed by atoms with Crippen molar-refractivity contribution in [3.8, 4) is 0 Å². The standard InChI is InChI=1S/C11H19N5O3S/c1-15-8-9(11(12)14-15)20(18,19)13-5-4-10(17)16-6-2-3-7-16/h8,13H,2-7H2,1H3,(H2,12,14). The minimum atomic E-state index is -3.72. The minimum absolute atomic E-state index is 0.0237. The van der Waals surface area contributed by atoms with Crippen molar-refractivity contribution in [2.45, 2.75) is 24.2 Å². The second-order valence-electron chi connectivity index (χ2n) is 4.79. The number of amides is 1. The number of rotatable bonds is 5. The summed E-state index contributed by atoms with van der Waals surface area (Å²) in [5.41, 5.74) is 5.53. The van der Waals surface area contributed by atoms with Crippen LogP contribution in [0.3, 0.4) is 0 Å². The number of carbonyl (C=O) groups excluding carboxylic acids is 1. The number of likely N-dealkylation sites (tertiary alicyclic amines) is 1. The van der Waals surface area contributed by atoms with Crippen LogP contribution in [0.5, 0.6) is 0 Å². The highest BCUT2D eigenvalue weighted by Gasteiger charge is 2.22. The van der Waals surface area contributed by atoms with Crippen molar-refractivity contribution < 1.29 is 13.2 Å². The summed E-state index contributed by atoms with van der Waals surface area (Å²) in [6.45, 7) is 1.59. The minimum Gasteiger partial charge on any atom is -0.381 e. The fraction of sp³-hybridized carbons (Fsp3) is 0.636. The van der Waals surface area contributed by atoms with Gasteiger partial charge in [-0.25, -0.2) is 13.1 Å². The van der Waals surface area contributed by atoms with E-state index in [0.717, 1.165) is 25.9 Å². The Balaban J connectivity index is 1.89. The van der Waals surface area contributed by atoms with Gasteiger partial charge in [0.1, 0.15) is 4.90 Å². The Bertz CT molecular complexity index is 589. The van der Waals surface area contributed by atoms with Crippen LogP contribution in [0.4, 0.5) is 5.82 Å². The molecule has 0 atom stereocenters. The summed E-state index contributed by atoms with van der Waals surface area (Å²) in [6.07, 6.45) is 3.52. The lowest BCUT2D eigenvalue weighted by molar-refractivity contribution is -0.129. The van der Waals surface area contributed by atoms with Gasteiger partial charge in [0.2, 0.25) is 15.9 Å². The third-order valence-electron chi connectivity index (χ3n) is 3.20. The van der Waals surface area contributed by atoms with Gasteiger partial charge >= 0.3 is 0 Å². The summed E-state index contributed by atoms with van der Waals surface area (Å²) >= 11 is 0. The molecule has 3 N–H and O–H groups in total. The summed E-state index contributed by atoms with van der Waals surface area (Å²) in [4.78, 5) is 13.5. The Hall–Kier alpha value is -1.61. The Kier molecular flexibility index (Phi) is 4.29. The Morgan fingerprint density at radius 3 is 2.65 bits per heavy atom. The molecule has 0 spiro atoms. The lowest BCUT2D eigenvalue weighted by atomic mass is 10.4. The number of aryl methyl sites for hydroxylation is 1. The molecule has 0 radical (unpaired) electrons. The maximum atomic E-state index is 12.0. The zero-order valence-corrected chi connectivity index (χ0v) is 12.2. The maximum Gasteiger partial charge on any atom is 0.245 e. The van der Waals surface area contributed by atoms with Gasteiger partial charge in [-0.3, -0.25) is 9.48 Å². The van der Waals surface area contributed by atoms with E-state index >= 15 is 0 Å². The highest BCUT2D eigenvalue weighted by molar-refractivity contribution is 7.89. The van der Waals surface area contributed by atoms with Crippen molar-refractivity contribution in [1.29, 1.82) is 0 Å². The predicted octanol–water partition coefficient (Wildman–Crippen LogP) is -0.707. The molecule has 9 heteroatoms. The first-order valence-corrected chi connectivity index (χ1v) is 7.95. The van der Waals surface area contributed by atoms with E-state index < -0.39 is 10.0 Å². The SMILES string of the molecule is Cn1cc(S(=O)(=O)NCCC(=O)N2CCCC2)c(N)n1. The van der Waals surface area contributed by atoms with Gasteiger partial charge in [0, 0.05) is 39.3 Å². The second kappa shape index (κ2) is 5.80. The highest BCUT2D eigenvalue weighted by Crippen LogP contribution is 2.15. The van der Waals surface area contributed by atoms with Crippen LogP contribution in [0, 0.1) is 0 Å². The molecule has 20 heavy (non-hydrogen) atoms. The van der Waals surface area contributed by atoms with Crippen molar-refractivity contribution in [2.24, 2.45) is 7.05 Å². The Morgan fingerprint density at radius 2 is 2.10 bits per heavy atom. The predicted molar refractivity (Wildman–Crippen MR) is 73.2 cm³/mol. The van der Waals surface area contributed by atoms with Crippen LogP contribution >= 0.6 is 0 Å². The first-order valence-electron chi connectivity index (χ1n) is 6.47. The lowest BCUT2D eigenvalue weighted by Crippen LogP contribution is -2.32. The first-order chi connectivity index (χ1) is 9.40. The van der Waals surface area contributed by atoms with Gasteiger partial charge in [-0.1, -0.05) is 0 Å². The zero-order valence-electron chi connectivity index (χ0n) is 11.4. The van der Waals surface area contributed by atoms with Crippen LogP contribution in [0.25, 0.3) is 0 Å². The summed E-state index contributed by atoms with van der Waals surface area (Å²) in [7, 11) is -2.13. The van der Waals surface area contributed by atoms with E-state index in [1.807, 2.05) is 0 Å². The number of aromatic nitrogens is 2. The molecule has 0 bridgehead atoms. The highest BCUT2D eigenvalue weighted by atomic mass is 32.2. The van der Waals surface area contributed by atoms with Crippen LogP contribution in [0.15, 0.2) is 11.1 Å². The van der Waals surface area contributed by atoms with E-state index in [1.54, 1.807) is 11.9 Å². The molecule has 112 valence electrons. The summed E-state index contributed by atoms with van der Waals surface area (Å²) in [6, 6.07) is 0. The van der Waals surface area contributed by atoms with E-state index in [4.69, 9.17) is 5.73 Å². The molecule has 1 saturated heterocycles. The van der Waals surface area contributed by atoms with Crippen molar-refractivity contribution in [3.05, 3.63) is 6.20 Å². The van der Waals surface area contributed by atoms with Crippen LogP contribution in [0.2, 0.25) is 0 Å². The average molecular weight is 301 g/mol. The van der Waals surface area contributed by atoms with Gasteiger partial charge in [0.05, 0.1) is 0 Å². The number of carbonyl (C=O) groups is 1. The van der Waals surface area contributed by atoms with Gasteiger partial charge in [-0.2, -0.15) is 5.10 Å². The number of nitrogens with zero attached hydrogens (tertiary/aromatic N) is 3. The Morgan fingerprint density at radius 1 is 1.45 bits per heavy atom. The molecular formula is C11H19N5O3S. The topological polar surface area (TPSA) is 110 Å². The molecule has 0 unspecified atom stereocenters. The number of hydrogen-bond acceptors (Lipinski definition) is 5. The monoisotopic (exact) mass is 301 g/mol. The molecule has 1 fully saturated rings. The van der Waals surface area contributed by atoms with E-state index in [1.165, 1.54) is 10.9 Å². The van der Waals surface area contributed by atoms with Crippen molar-refractivity contribution in [2.75, 3.05) is 25.4 Å². The van der Waals surface area contributed by atoms with E-state index in [-0.39, 0.29) is 29.6 Å². The van der Waals surface area contributed by atoms with Crippen LogP contribution in [-0.2, 0) is 21.9 Å². The zero-order chi connectivity index (χ0) is 14.8. The smallest absolute Gasteiger partial charge is 0.245 e. The molecule has 0 saturated carbocycles. The van der Waals surface area contributed by atoms with E-state index in [0.29, 0.717) is 0 Å². The number of nitrogen functional groups attached to an aromatic ring is 1. The molecule has 1 aromatic heterocycles. The number of hydrogen-bond donors (Lipinski definition) is 2. The average Bonchev–Trinajstić information content (AvgIpc) is 2.98. The molecular weight excluding hydrogens is 282 g/mol. The molecule has 1 aliphatic heterocycles. The largest absolute Gasteiger partial charge is 0.381 e. The van der Waals surface area contributed by atoms with Crippen molar-refractivity contribution >= 4 is 21.7 Å². The quantitative estimate of drug-likeness (QED) is 0.746. The molecule has 2 heterocycles. The number of nitrogens with two attached hydrogens (primary N) is 1. The molecule has 1 aliphatic rings. The first kappa shape index (κ1) is 14.8. The third kappa shape index (κ3) is 3.28. The molecule has 1 amide bonds. The third-order valence-corrected chi connectivity index (χ3v) is 4.68. The van der Waals surface area contributed by atoms with Crippen LogP contribution < -0.4 is 10.5 Å². The summed E-state index contributed by atoms with van der Waals surface area (Å²) in [5, 5.41) is 3.78.